The van der Waals surface area contributed by atoms with Crippen molar-refractivity contribution in [3.8, 4) is 0 Å². The molecule has 0 amide bonds. The lowest BCUT2D eigenvalue weighted by atomic mass is 10.1. The fourth-order valence-corrected chi connectivity index (χ4v) is 1.69. The third-order valence-corrected chi connectivity index (χ3v) is 2.54. The summed E-state index contributed by atoms with van der Waals surface area (Å²) in [5.41, 5.74) is 1.17. The third-order valence-electron chi connectivity index (χ3n) is 2.54. The summed E-state index contributed by atoms with van der Waals surface area (Å²) < 4.78 is 10.7. The van der Waals surface area contributed by atoms with Gasteiger partial charge in [-0.05, 0) is 12.0 Å². The van der Waals surface area contributed by atoms with Gasteiger partial charge in [-0.1, -0.05) is 30.3 Å². The number of rotatable bonds is 3. The Morgan fingerprint density at radius 3 is 2.87 bits per heavy atom. The number of aliphatic hydroxyl groups is 1. The van der Waals surface area contributed by atoms with Crippen molar-refractivity contribution in [2.24, 2.45) is 0 Å². The molecular weight excluding hydrogens is 192 g/mol. The van der Waals surface area contributed by atoms with E-state index in [1.165, 1.54) is 5.56 Å². The Kier molecular flexibility index (Phi) is 3.72. The highest BCUT2D eigenvalue weighted by molar-refractivity contribution is 5.13. The van der Waals surface area contributed by atoms with Crippen molar-refractivity contribution in [3.05, 3.63) is 35.9 Å². The Bertz CT molecular complexity index is 286. The monoisotopic (exact) mass is 208 g/mol. The van der Waals surface area contributed by atoms with E-state index < -0.39 is 6.29 Å². The van der Waals surface area contributed by atoms with Gasteiger partial charge in [-0.25, -0.2) is 0 Å². The SMILES string of the molecule is OC1C[C@@H](OCc2ccccc2)CCO1. The van der Waals surface area contributed by atoms with Crippen LogP contribution in [0.5, 0.6) is 0 Å². The van der Waals surface area contributed by atoms with E-state index in [4.69, 9.17) is 9.47 Å². The van der Waals surface area contributed by atoms with Gasteiger partial charge in [-0.15, -0.1) is 0 Å². The molecule has 0 radical (unpaired) electrons. The van der Waals surface area contributed by atoms with Crippen molar-refractivity contribution in [2.75, 3.05) is 6.61 Å². The molecule has 1 aromatic carbocycles. The van der Waals surface area contributed by atoms with E-state index in [1.807, 2.05) is 30.3 Å². The summed E-state index contributed by atoms with van der Waals surface area (Å²) in [4.78, 5) is 0. The summed E-state index contributed by atoms with van der Waals surface area (Å²) >= 11 is 0. The largest absolute Gasteiger partial charge is 0.373 e. The van der Waals surface area contributed by atoms with E-state index in [0.29, 0.717) is 19.6 Å². The van der Waals surface area contributed by atoms with Crippen molar-refractivity contribution in [1.29, 1.82) is 0 Å². The van der Waals surface area contributed by atoms with E-state index in [2.05, 4.69) is 0 Å². The lowest BCUT2D eigenvalue weighted by Crippen LogP contribution is -2.30. The molecule has 1 fully saturated rings. The highest BCUT2D eigenvalue weighted by Gasteiger charge is 2.20. The van der Waals surface area contributed by atoms with Crippen LogP contribution in [0.25, 0.3) is 0 Å². The first-order valence-corrected chi connectivity index (χ1v) is 5.30. The van der Waals surface area contributed by atoms with Crippen LogP contribution in [0.1, 0.15) is 18.4 Å². The summed E-state index contributed by atoms with van der Waals surface area (Å²) in [5, 5.41) is 9.27. The lowest BCUT2D eigenvalue weighted by molar-refractivity contribution is -0.165. The molecule has 1 aliphatic heterocycles. The van der Waals surface area contributed by atoms with E-state index in [1.54, 1.807) is 0 Å². The number of hydrogen-bond acceptors (Lipinski definition) is 3. The molecule has 1 unspecified atom stereocenters. The van der Waals surface area contributed by atoms with Gasteiger partial charge in [0.2, 0.25) is 0 Å². The summed E-state index contributed by atoms with van der Waals surface area (Å²) in [6.45, 7) is 1.19. The Hall–Kier alpha value is -0.900. The first-order chi connectivity index (χ1) is 7.34. The van der Waals surface area contributed by atoms with Gasteiger partial charge in [0.25, 0.3) is 0 Å². The second kappa shape index (κ2) is 5.26. The molecule has 0 spiro atoms. The molecular formula is C12H16O3. The van der Waals surface area contributed by atoms with Crippen LogP contribution < -0.4 is 0 Å². The van der Waals surface area contributed by atoms with Crippen LogP contribution in [0.2, 0.25) is 0 Å². The van der Waals surface area contributed by atoms with Gasteiger partial charge in [0.05, 0.1) is 19.3 Å². The topological polar surface area (TPSA) is 38.7 Å². The van der Waals surface area contributed by atoms with Gasteiger partial charge < -0.3 is 14.6 Å². The maximum absolute atomic E-state index is 9.27. The Morgan fingerprint density at radius 1 is 1.33 bits per heavy atom. The minimum atomic E-state index is -0.653. The molecule has 2 atom stereocenters. The number of aliphatic hydroxyl groups excluding tert-OH is 1. The zero-order chi connectivity index (χ0) is 10.5. The van der Waals surface area contributed by atoms with Gasteiger partial charge in [0.15, 0.2) is 6.29 Å². The van der Waals surface area contributed by atoms with Crippen LogP contribution >= 0.6 is 0 Å². The molecule has 1 heterocycles. The second-order valence-corrected chi connectivity index (χ2v) is 3.77. The summed E-state index contributed by atoms with van der Waals surface area (Å²) in [7, 11) is 0. The van der Waals surface area contributed by atoms with Crippen molar-refractivity contribution >= 4 is 0 Å². The molecule has 0 bridgehead atoms. The first kappa shape index (κ1) is 10.6. The molecule has 1 aliphatic rings. The molecule has 1 saturated heterocycles. The Balaban J connectivity index is 1.78. The van der Waals surface area contributed by atoms with Crippen LogP contribution in [-0.2, 0) is 16.1 Å². The average molecular weight is 208 g/mol. The normalized spacial score (nSPS) is 26.5. The van der Waals surface area contributed by atoms with Crippen LogP contribution in [0.4, 0.5) is 0 Å². The summed E-state index contributed by atoms with van der Waals surface area (Å²) in [6, 6.07) is 10.1. The molecule has 2 rings (SSSR count). The number of benzene rings is 1. The molecule has 1 N–H and O–H groups in total. The fraction of sp³-hybridized carbons (Fsp3) is 0.500. The molecule has 3 heteroatoms. The molecule has 82 valence electrons. The van der Waals surface area contributed by atoms with Gasteiger partial charge in [0, 0.05) is 6.42 Å². The highest BCUT2D eigenvalue weighted by atomic mass is 16.6. The average Bonchev–Trinajstić information content (AvgIpc) is 2.28. The molecule has 1 aromatic rings. The number of ether oxygens (including phenoxy) is 2. The first-order valence-electron chi connectivity index (χ1n) is 5.30. The van der Waals surface area contributed by atoms with Crippen LogP contribution in [-0.4, -0.2) is 24.1 Å². The van der Waals surface area contributed by atoms with E-state index in [-0.39, 0.29) is 6.10 Å². The Labute approximate surface area is 89.6 Å². The van der Waals surface area contributed by atoms with Crippen molar-refractivity contribution in [1.82, 2.24) is 0 Å². The summed E-state index contributed by atoms with van der Waals surface area (Å²) in [5.74, 6) is 0. The van der Waals surface area contributed by atoms with Crippen LogP contribution in [0.15, 0.2) is 30.3 Å². The smallest absolute Gasteiger partial charge is 0.157 e. The highest BCUT2D eigenvalue weighted by Crippen LogP contribution is 2.16. The molecule has 0 aromatic heterocycles. The fourth-order valence-electron chi connectivity index (χ4n) is 1.69. The van der Waals surface area contributed by atoms with Crippen molar-refractivity contribution in [3.63, 3.8) is 0 Å². The molecule has 15 heavy (non-hydrogen) atoms. The van der Waals surface area contributed by atoms with E-state index in [9.17, 15) is 5.11 Å². The third kappa shape index (κ3) is 3.30. The predicted molar refractivity (Wildman–Crippen MR) is 56.2 cm³/mol. The summed E-state index contributed by atoms with van der Waals surface area (Å²) in [6.07, 6.45) is 0.907. The van der Waals surface area contributed by atoms with Crippen LogP contribution in [0.3, 0.4) is 0 Å². The lowest BCUT2D eigenvalue weighted by Gasteiger charge is -2.26. The molecule has 3 nitrogen and oxygen atoms in total. The van der Waals surface area contributed by atoms with Gasteiger partial charge in [-0.2, -0.15) is 0 Å². The maximum Gasteiger partial charge on any atom is 0.157 e. The molecule has 0 aliphatic carbocycles. The minimum Gasteiger partial charge on any atom is -0.373 e. The standard InChI is InChI=1S/C12H16O3/c13-12-8-11(6-7-14-12)15-9-10-4-2-1-3-5-10/h1-5,11-13H,6-9H2/t11-,12?/m0/s1. The van der Waals surface area contributed by atoms with Crippen LogP contribution in [0, 0.1) is 0 Å². The van der Waals surface area contributed by atoms with Crippen molar-refractivity contribution < 1.29 is 14.6 Å². The van der Waals surface area contributed by atoms with Gasteiger partial charge >= 0.3 is 0 Å². The second-order valence-electron chi connectivity index (χ2n) is 3.77. The zero-order valence-corrected chi connectivity index (χ0v) is 8.63. The minimum absolute atomic E-state index is 0.119. The van der Waals surface area contributed by atoms with Crippen molar-refractivity contribution in [2.45, 2.75) is 31.8 Å². The van der Waals surface area contributed by atoms with Gasteiger partial charge in [0.1, 0.15) is 0 Å². The van der Waals surface area contributed by atoms with E-state index in [0.717, 1.165) is 6.42 Å². The number of hydrogen-bond donors (Lipinski definition) is 1. The quantitative estimate of drug-likeness (QED) is 0.821. The van der Waals surface area contributed by atoms with Gasteiger partial charge in [-0.3, -0.25) is 0 Å². The predicted octanol–water partition coefficient (Wildman–Crippen LogP) is 1.70. The Morgan fingerprint density at radius 2 is 2.13 bits per heavy atom. The molecule has 0 saturated carbocycles. The maximum atomic E-state index is 9.27. The zero-order valence-electron chi connectivity index (χ0n) is 8.63. The van der Waals surface area contributed by atoms with E-state index >= 15 is 0 Å².